The molecule has 6 nitrogen and oxygen atoms in total. The first-order valence-electron chi connectivity index (χ1n) is 6.75. The van der Waals surface area contributed by atoms with Crippen LogP contribution < -0.4 is 10.1 Å². The second-order valence-electron chi connectivity index (χ2n) is 4.66. The van der Waals surface area contributed by atoms with E-state index >= 15 is 0 Å². The van der Waals surface area contributed by atoms with Crippen LogP contribution in [0.15, 0.2) is 18.2 Å². The molecule has 0 spiro atoms. The van der Waals surface area contributed by atoms with Gasteiger partial charge >= 0.3 is 5.97 Å². The van der Waals surface area contributed by atoms with Gasteiger partial charge in [-0.1, -0.05) is 12.1 Å². The van der Waals surface area contributed by atoms with Crippen molar-refractivity contribution in [1.82, 2.24) is 5.32 Å². The predicted molar refractivity (Wildman–Crippen MR) is 77.5 cm³/mol. The van der Waals surface area contributed by atoms with Crippen molar-refractivity contribution in [3.63, 3.8) is 0 Å². The Bertz CT molecular complexity index is 487. The van der Waals surface area contributed by atoms with Crippen molar-refractivity contribution in [1.29, 1.82) is 0 Å². The van der Waals surface area contributed by atoms with E-state index in [4.69, 9.17) is 14.6 Å². The predicted octanol–water partition coefficient (Wildman–Crippen LogP) is 1.29. The third kappa shape index (κ3) is 7.31. The summed E-state index contributed by atoms with van der Waals surface area (Å²) in [4.78, 5) is 21.7. The van der Waals surface area contributed by atoms with Crippen LogP contribution in [0.5, 0.6) is 5.75 Å². The van der Waals surface area contributed by atoms with E-state index in [1.54, 1.807) is 0 Å². The Hall–Kier alpha value is -2.08. The molecule has 0 bridgehead atoms. The molecular formula is C15H21NO5. The summed E-state index contributed by atoms with van der Waals surface area (Å²) in [6, 6.07) is 5.92. The number of nitrogens with one attached hydrogen (secondary N) is 1. The van der Waals surface area contributed by atoms with Crippen LogP contribution in [-0.4, -0.2) is 43.3 Å². The van der Waals surface area contributed by atoms with Gasteiger partial charge in [0, 0.05) is 6.54 Å². The van der Waals surface area contributed by atoms with Gasteiger partial charge < -0.3 is 19.9 Å². The number of carbonyl (C=O) groups excluding carboxylic acids is 1. The molecule has 1 amide bonds. The standard InChI is InChI=1S/C15H21NO5/c1-11-3-4-12(2)13(9-11)21-7-5-14(17)16-6-8-20-10-15(18)19/h3-4,9H,5-8,10H2,1-2H3,(H,16,17)(H,18,19). The summed E-state index contributed by atoms with van der Waals surface area (Å²) in [6.45, 7) is 4.34. The normalized spacial score (nSPS) is 10.2. The number of benzene rings is 1. The van der Waals surface area contributed by atoms with Gasteiger partial charge in [-0.25, -0.2) is 4.79 Å². The molecule has 0 aliphatic heterocycles. The van der Waals surface area contributed by atoms with Crippen LogP contribution in [0.1, 0.15) is 17.5 Å². The Kier molecular flexibility index (Phi) is 7.25. The number of rotatable bonds is 9. The summed E-state index contributed by atoms with van der Waals surface area (Å²) in [5.74, 6) is -0.393. The lowest BCUT2D eigenvalue weighted by Crippen LogP contribution is -2.29. The van der Waals surface area contributed by atoms with Gasteiger partial charge in [0.05, 0.1) is 19.6 Å². The maximum Gasteiger partial charge on any atom is 0.329 e. The lowest BCUT2D eigenvalue weighted by atomic mass is 10.1. The third-order valence-corrected chi connectivity index (χ3v) is 2.72. The molecule has 0 aliphatic carbocycles. The minimum atomic E-state index is -1.02. The van der Waals surface area contributed by atoms with Crippen LogP contribution in [-0.2, 0) is 14.3 Å². The lowest BCUT2D eigenvalue weighted by Gasteiger charge is -2.10. The molecule has 0 unspecified atom stereocenters. The fraction of sp³-hybridized carbons (Fsp3) is 0.467. The number of aliphatic carboxylic acids is 1. The number of amides is 1. The molecule has 0 radical (unpaired) electrons. The van der Waals surface area contributed by atoms with Gasteiger partial charge in [-0.2, -0.15) is 0 Å². The highest BCUT2D eigenvalue weighted by atomic mass is 16.5. The van der Waals surface area contributed by atoms with Gasteiger partial charge in [0.1, 0.15) is 12.4 Å². The van der Waals surface area contributed by atoms with E-state index in [1.807, 2.05) is 32.0 Å². The van der Waals surface area contributed by atoms with E-state index in [2.05, 4.69) is 5.32 Å². The Morgan fingerprint density at radius 2 is 2.00 bits per heavy atom. The molecule has 0 heterocycles. The topological polar surface area (TPSA) is 84.9 Å². The van der Waals surface area contributed by atoms with Crippen molar-refractivity contribution in [2.45, 2.75) is 20.3 Å². The monoisotopic (exact) mass is 295 g/mol. The molecule has 21 heavy (non-hydrogen) atoms. The Labute approximate surface area is 124 Å². The average molecular weight is 295 g/mol. The summed E-state index contributed by atoms with van der Waals surface area (Å²) in [7, 11) is 0. The zero-order valence-electron chi connectivity index (χ0n) is 12.3. The SMILES string of the molecule is Cc1ccc(C)c(OCCC(=O)NCCOCC(=O)O)c1. The molecule has 0 fully saturated rings. The van der Waals surface area contributed by atoms with Crippen LogP contribution in [0.2, 0.25) is 0 Å². The molecule has 0 saturated carbocycles. The highest BCUT2D eigenvalue weighted by Gasteiger charge is 2.04. The number of carboxylic acids is 1. The lowest BCUT2D eigenvalue weighted by molar-refractivity contribution is -0.142. The Balaban J connectivity index is 2.16. The molecule has 0 aromatic heterocycles. The van der Waals surface area contributed by atoms with E-state index in [0.717, 1.165) is 16.9 Å². The fourth-order valence-corrected chi connectivity index (χ4v) is 1.63. The Morgan fingerprint density at radius 3 is 2.71 bits per heavy atom. The third-order valence-electron chi connectivity index (χ3n) is 2.72. The van der Waals surface area contributed by atoms with Gasteiger partial charge in [0.15, 0.2) is 0 Å². The molecule has 1 rings (SSSR count). The Morgan fingerprint density at radius 1 is 1.24 bits per heavy atom. The van der Waals surface area contributed by atoms with Gasteiger partial charge in [-0.3, -0.25) is 4.79 Å². The number of carboxylic acid groups (broad SMARTS) is 1. The molecule has 1 aromatic rings. The first-order chi connectivity index (χ1) is 9.99. The van der Waals surface area contributed by atoms with Crippen molar-refractivity contribution in [2.75, 3.05) is 26.4 Å². The van der Waals surface area contributed by atoms with Crippen LogP contribution in [0.3, 0.4) is 0 Å². The minimum absolute atomic E-state index is 0.153. The minimum Gasteiger partial charge on any atom is -0.493 e. The maximum absolute atomic E-state index is 11.5. The smallest absolute Gasteiger partial charge is 0.329 e. The summed E-state index contributed by atoms with van der Waals surface area (Å²) in [5, 5.41) is 11.0. The number of aryl methyl sites for hydroxylation is 2. The second kappa shape index (κ2) is 8.97. The van der Waals surface area contributed by atoms with E-state index in [9.17, 15) is 9.59 Å². The molecule has 2 N–H and O–H groups in total. The highest BCUT2D eigenvalue weighted by Crippen LogP contribution is 2.19. The number of hydrogen-bond donors (Lipinski definition) is 2. The average Bonchev–Trinajstić information content (AvgIpc) is 2.42. The maximum atomic E-state index is 11.5. The first kappa shape index (κ1) is 17.0. The first-order valence-corrected chi connectivity index (χ1v) is 6.75. The van der Waals surface area contributed by atoms with E-state index in [1.165, 1.54) is 0 Å². The summed E-state index contributed by atoms with van der Waals surface area (Å²) < 4.78 is 10.4. The highest BCUT2D eigenvalue weighted by molar-refractivity contribution is 5.76. The molecule has 6 heteroatoms. The van der Waals surface area contributed by atoms with Gasteiger partial charge in [0.2, 0.25) is 5.91 Å². The van der Waals surface area contributed by atoms with Crippen LogP contribution >= 0.6 is 0 Å². The van der Waals surface area contributed by atoms with Gasteiger partial charge in [0.25, 0.3) is 0 Å². The zero-order valence-corrected chi connectivity index (χ0v) is 12.3. The second-order valence-corrected chi connectivity index (χ2v) is 4.66. The molecule has 0 atom stereocenters. The quantitative estimate of drug-likeness (QED) is 0.671. The largest absolute Gasteiger partial charge is 0.493 e. The van der Waals surface area contributed by atoms with Gasteiger partial charge in [-0.15, -0.1) is 0 Å². The molecular weight excluding hydrogens is 274 g/mol. The fourth-order valence-electron chi connectivity index (χ4n) is 1.63. The van der Waals surface area contributed by atoms with Crippen molar-refractivity contribution in [2.24, 2.45) is 0 Å². The molecule has 0 saturated heterocycles. The van der Waals surface area contributed by atoms with Crippen LogP contribution in [0, 0.1) is 13.8 Å². The van der Waals surface area contributed by atoms with Gasteiger partial charge in [-0.05, 0) is 31.0 Å². The molecule has 116 valence electrons. The van der Waals surface area contributed by atoms with Crippen molar-refractivity contribution >= 4 is 11.9 Å². The van der Waals surface area contributed by atoms with E-state index in [0.29, 0.717) is 6.61 Å². The molecule has 0 aliphatic rings. The van der Waals surface area contributed by atoms with Crippen molar-refractivity contribution in [3.8, 4) is 5.75 Å². The van der Waals surface area contributed by atoms with Crippen LogP contribution in [0.25, 0.3) is 0 Å². The summed E-state index contributed by atoms with van der Waals surface area (Å²) >= 11 is 0. The number of carbonyl (C=O) groups is 2. The number of hydrogen-bond acceptors (Lipinski definition) is 4. The molecule has 1 aromatic carbocycles. The van der Waals surface area contributed by atoms with E-state index < -0.39 is 5.97 Å². The summed E-state index contributed by atoms with van der Waals surface area (Å²) in [5.41, 5.74) is 2.14. The summed E-state index contributed by atoms with van der Waals surface area (Å²) in [6.07, 6.45) is 0.242. The van der Waals surface area contributed by atoms with Crippen molar-refractivity contribution in [3.05, 3.63) is 29.3 Å². The number of ether oxygens (including phenoxy) is 2. The zero-order chi connectivity index (χ0) is 15.7. The van der Waals surface area contributed by atoms with Crippen molar-refractivity contribution < 1.29 is 24.2 Å². The van der Waals surface area contributed by atoms with E-state index in [-0.39, 0.29) is 32.1 Å². The van der Waals surface area contributed by atoms with Crippen LogP contribution in [0.4, 0.5) is 0 Å².